The highest BCUT2D eigenvalue weighted by Gasteiger charge is 2.26. The summed E-state index contributed by atoms with van der Waals surface area (Å²) in [5.41, 5.74) is 1.72. The van der Waals surface area contributed by atoms with Crippen LogP contribution in [0.2, 0.25) is 0 Å². The molecule has 1 aromatic carbocycles. The van der Waals surface area contributed by atoms with Crippen LogP contribution in [0.15, 0.2) is 12.1 Å². The summed E-state index contributed by atoms with van der Waals surface area (Å²) in [6.45, 7) is 5.76. The number of carbonyl (C=O) groups is 2. The molecular weight excluding hydrogens is 232 g/mol. The van der Waals surface area contributed by atoms with Gasteiger partial charge >= 0.3 is 5.97 Å². The maximum absolute atomic E-state index is 11.8. The van der Waals surface area contributed by atoms with Crippen LogP contribution in [0.5, 0.6) is 5.75 Å². The van der Waals surface area contributed by atoms with Crippen LogP contribution >= 0.6 is 0 Å². The van der Waals surface area contributed by atoms with Gasteiger partial charge in [-0.1, -0.05) is 32.9 Å². The van der Waals surface area contributed by atoms with Crippen LogP contribution in [0.1, 0.15) is 48.2 Å². The Balaban J connectivity index is 3.58. The zero-order valence-corrected chi connectivity index (χ0v) is 11.1. The molecule has 0 aliphatic heterocycles. The third-order valence-electron chi connectivity index (χ3n) is 2.90. The van der Waals surface area contributed by atoms with Gasteiger partial charge < -0.3 is 9.84 Å². The van der Waals surface area contributed by atoms with E-state index in [1.54, 1.807) is 0 Å². The Labute approximate surface area is 107 Å². The van der Waals surface area contributed by atoms with Crippen molar-refractivity contribution in [1.82, 2.24) is 0 Å². The molecule has 18 heavy (non-hydrogen) atoms. The second-order valence-electron chi connectivity index (χ2n) is 4.36. The van der Waals surface area contributed by atoms with Gasteiger partial charge in [0.2, 0.25) is 0 Å². The lowest BCUT2D eigenvalue weighted by atomic mass is 9.91. The number of ether oxygens (including phenoxy) is 1. The molecule has 0 atom stereocenters. The van der Waals surface area contributed by atoms with Gasteiger partial charge in [-0.25, -0.2) is 4.79 Å². The van der Waals surface area contributed by atoms with Crippen molar-refractivity contribution >= 4 is 11.8 Å². The summed E-state index contributed by atoms with van der Waals surface area (Å²) in [6, 6.07) is 3.69. The number of hydrogen-bond acceptors (Lipinski definition) is 3. The van der Waals surface area contributed by atoms with Gasteiger partial charge in [0.25, 0.3) is 5.78 Å². The summed E-state index contributed by atoms with van der Waals surface area (Å²) in [5.74, 6) is -1.92. The highest BCUT2D eigenvalue weighted by molar-refractivity contribution is 6.41. The molecule has 4 heteroatoms. The predicted molar refractivity (Wildman–Crippen MR) is 68.4 cm³/mol. The number of methoxy groups -OCH3 is 1. The van der Waals surface area contributed by atoms with Crippen molar-refractivity contribution in [2.75, 3.05) is 7.11 Å². The number of benzene rings is 1. The second-order valence-corrected chi connectivity index (χ2v) is 4.36. The number of carboxylic acids is 1. The third kappa shape index (κ3) is 2.53. The number of hydrogen-bond donors (Lipinski definition) is 1. The molecule has 98 valence electrons. The molecular formula is C14H18O4. The molecule has 0 saturated heterocycles. The third-order valence-corrected chi connectivity index (χ3v) is 2.90. The first kappa shape index (κ1) is 14.2. The van der Waals surface area contributed by atoms with Crippen LogP contribution in [-0.2, 0) is 11.2 Å². The summed E-state index contributed by atoms with van der Waals surface area (Å²) in [4.78, 5) is 22.8. The minimum Gasteiger partial charge on any atom is -0.496 e. The lowest BCUT2D eigenvalue weighted by molar-refractivity contribution is -0.131. The number of aliphatic carboxylic acids is 1. The molecule has 1 rings (SSSR count). The van der Waals surface area contributed by atoms with Crippen molar-refractivity contribution < 1.29 is 19.4 Å². The van der Waals surface area contributed by atoms with Gasteiger partial charge in [-0.2, -0.15) is 0 Å². The minimum atomic E-state index is -1.46. The summed E-state index contributed by atoms with van der Waals surface area (Å²) in [5, 5.41) is 8.92. The topological polar surface area (TPSA) is 63.6 Å². The SMILES string of the molecule is CCc1ccc(C(C)C)c(C(=O)C(=O)O)c1OC. The van der Waals surface area contributed by atoms with Gasteiger partial charge in [-0.15, -0.1) is 0 Å². The molecule has 0 fully saturated rings. The second kappa shape index (κ2) is 5.67. The van der Waals surface area contributed by atoms with Gasteiger partial charge in [-0.05, 0) is 23.5 Å². The van der Waals surface area contributed by atoms with E-state index in [2.05, 4.69) is 0 Å². The monoisotopic (exact) mass is 250 g/mol. The summed E-state index contributed by atoms with van der Waals surface area (Å²) >= 11 is 0. The molecule has 1 N–H and O–H groups in total. The normalized spacial score (nSPS) is 10.5. The highest BCUT2D eigenvalue weighted by atomic mass is 16.5. The fourth-order valence-corrected chi connectivity index (χ4v) is 1.97. The van der Waals surface area contributed by atoms with Gasteiger partial charge in [0.15, 0.2) is 0 Å². The van der Waals surface area contributed by atoms with E-state index in [9.17, 15) is 9.59 Å². The Morgan fingerprint density at radius 1 is 1.33 bits per heavy atom. The molecule has 0 radical (unpaired) electrons. The molecule has 0 saturated carbocycles. The summed E-state index contributed by atoms with van der Waals surface area (Å²) < 4.78 is 5.25. The van der Waals surface area contributed by atoms with Gasteiger partial charge in [-0.3, -0.25) is 4.79 Å². The quantitative estimate of drug-likeness (QED) is 0.644. The maximum atomic E-state index is 11.8. The van der Waals surface area contributed by atoms with Crippen LogP contribution in [0.25, 0.3) is 0 Å². The van der Waals surface area contributed by atoms with E-state index in [4.69, 9.17) is 9.84 Å². The van der Waals surface area contributed by atoms with E-state index in [0.29, 0.717) is 17.7 Å². The zero-order chi connectivity index (χ0) is 13.9. The van der Waals surface area contributed by atoms with Gasteiger partial charge in [0, 0.05) is 0 Å². The first-order valence-electron chi connectivity index (χ1n) is 5.91. The average molecular weight is 250 g/mol. The number of carboxylic acid groups (broad SMARTS) is 1. The number of aryl methyl sites for hydroxylation is 1. The van der Waals surface area contributed by atoms with Crippen LogP contribution in [0, 0.1) is 0 Å². The molecule has 0 amide bonds. The number of carbonyl (C=O) groups excluding carboxylic acids is 1. The molecule has 1 aromatic rings. The Bertz CT molecular complexity index is 475. The smallest absolute Gasteiger partial charge is 0.377 e. The van der Waals surface area contributed by atoms with E-state index >= 15 is 0 Å². The van der Waals surface area contributed by atoms with Crippen LogP contribution in [0.4, 0.5) is 0 Å². The van der Waals surface area contributed by atoms with Gasteiger partial charge in [0.05, 0.1) is 12.7 Å². The first-order chi connectivity index (χ1) is 8.43. The first-order valence-corrected chi connectivity index (χ1v) is 5.91. The molecule has 0 aliphatic carbocycles. The highest BCUT2D eigenvalue weighted by Crippen LogP contribution is 2.32. The Morgan fingerprint density at radius 2 is 1.94 bits per heavy atom. The standard InChI is InChI=1S/C14H18O4/c1-5-9-6-7-10(8(2)3)11(13(9)18-4)12(15)14(16)17/h6-8H,5H2,1-4H3,(H,16,17). The Morgan fingerprint density at radius 3 is 2.33 bits per heavy atom. The molecule has 0 aliphatic rings. The molecule has 0 bridgehead atoms. The Hall–Kier alpha value is -1.84. The van der Waals surface area contributed by atoms with E-state index in [-0.39, 0.29) is 11.5 Å². The lowest BCUT2D eigenvalue weighted by Crippen LogP contribution is -2.17. The molecule has 0 heterocycles. The molecule has 0 aromatic heterocycles. The summed E-state index contributed by atoms with van der Waals surface area (Å²) in [6.07, 6.45) is 0.682. The maximum Gasteiger partial charge on any atom is 0.377 e. The Kier molecular flexibility index (Phi) is 4.48. The van der Waals surface area contributed by atoms with E-state index in [1.165, 1.54) is 7.11 Å². The number of ketones is 1. The zero-order valence-electron chi connectivity index (χ0n) is 11.1. The van der Waals surface area contributed by atoms with Crippen LogP contribution in [0.3, 0.4) is 0 Å². The molecule has 0 unspecified atom stereocenters. The van der Waals surface area contributed by atoms with E-state index in [1.807, 2.05) is 32.9 Å². The summed E-state index contributed by atoms with van der Waals surface area (Å²) in [7, 11) is 1.46. The lowest BCUT2D eigenvalue weighted by Gasteiger charge is -2.17. The average Bonchev–Trinajstić information content (AvgIpc) is 2.35. The van der Waals surface area contributed by atoms with Crippen molar-refractivity contribution in [3.05, 3.63) is 28.8 Å². The van der Waals surface area contributed by atoms with Crippen molar-refractivity contribution in [3.8, 4) is 5.75 Å². The number of rotatable bonds is 5. The predicted octanol–water partition coefficient (Wildman–Crippen LogP) is 2.65. The number of Topliss-reactive ketones (excluding diaryl/α,β-unsaturated/α-hetero) is 1. The van der Waals surface area contributed by atoms with Crippen LogP contribution < -0.4 is 4.74 Å². The van der Waals surface area contributed by atoms with Crippen LogP contribution in [-0.4, -0.2) is 24.0 Å². The fraction of sp³-hybridized carbons (Fsp3) is 0.429. The van der Waals surface area contributed by atoms with Crippen molar-refractivity contribution in [1.29, 1.82) is 0 Å². The largest absolute Gasteiger partial charge is 0.496 e. The van der Waals surface area contributed by atoms with E-state index in [0.717, 1.165) is 5.56 Å². The van der Waals surface area contributed by atoms with Crippen molar-refractivity contribution in [2.45, 2.75) is 33.1 Å². The van der Waals surface area contributed by atoms with Gasteiger partial charge in [0.1, 0.15) is 5.75 Å². The fourth-order valence-electron chi connectivity index (χ4n) is 1.97. The molecule has 4 nitrogen and oxygen atoms in total. The van der Waals surface area contributed by atoms with Crippen molar-refractivity contribution in [3.63, 3.8) is 0 Å². The van der Waals surface area contributed by atoms with E-state index < -0.39 is 11.8 Å². The molecule has 0 spiro atoms. The van der Waals surface area contributed by atoms with Crippen molar-refractivity contribution in [2.24, 2.45) is 0 Å². The minimum absolute atomic E-state index is 0.0584.